The van der Waals surface area contributed by atoms with Crippen LogP contribution in [-0.4, -0.2) is 14.8 Å². The zero-order valence-electron chi connectivity index (χ0n) is 8.70. The lowest BCUT2D eigenvalue weighted by molar-refractivity contribution is 0.373. The molecule has 0 radical (unpaired) electrons. The Morgan fingerprint density at radius 1 is 1.36 bits per heavy atom. The summed E-state index contributed by atoms with van der Waals surface area (Å²) in [5, 5.41) is 19.1. The highest BCUT2D eigenvalue weighted by atomic mass is 16.3. The molecule has 0 aliphatic heterocycles. The molecule has 0 fully saturated rings. The molecule has 0 aliphatic carbocycles. The van der Waals surface area contributed by atoms with E-state index in [1.54, 1.807) is 6.07 Å². The van der Waals surface area contributed by atoms with E-state index >= 15 is 0 Å². The lowest BCUT2D eigenvalue weighted by Crippen LogP contribution is -1.91. The maximum absolute atomic E-state index is 9.66. The molecule has 0 atom stereocenters. The second-order valence-corrected chi connectivity index (χ2v) is 3.22. The molecule has 1 aromatic heterocycles. The first-order chi connectivity index (χ1) is 6.70. The van der Waals surface area contributed by atoms with Gasteiger partial charge in [-0.2, -0.15) is 0 Å². The standard InChI is InChI=1S/C11H17NO2/c1-3-5-6-7-9-8-10(13)12(4-2)11(9)14/h6-8,13-14H,3-5H2,1-2H3. The van der Waals surface area contributed by atoms with E-state index in [0.717, 1.165) is 12.8 Å². The lowest BCUT2D eigenvalue weighted by atomic mass is 10.2. The summed E-state index contributed by atoms with van der Waals surface area (Å²) in [4.78, 5) is 0. The van der Waals surface area contributed by atoms with E-state index in [1.165, 1.54) is 4.57 Å². The number of hydrogen-bond donors (Lipinski definition) is 2. The van der Waals surface area contributed by atoms with Gasteiger partial charge in [0.2, 0.25) is 5.88 Å². The van der Waals surface area contributed by atoms with Crippen LogP contribution in [0.3, 0.4) is 0 Å². The van der Waals surface area contributed by atoms with Gasteiger partial charge in [-0.05, 0) is 13.3 Å². The maximum atomic E-state index is 9.66. The highest BCUT2D eigenvalue weighted by Gasteiger charge is 2.09. The number of aromatic nitrogens is 1. The van der Waals surface area contributed by atoms with Crippen molar-refractivity contribution in [2.75, 3.05) is 0 Å². The van der Waals surface area contributed by atoms with E-state index in [0.29, 0.717) is 12.1 Å². The molecule has 0 saturated carbocycles. The molecule has 0 unspecified atom stereocenters. The van der Waals surface area contributed by atoms with Gasteiger partial charge in [-0.25, -0.2) is 0 Å². The van der Waals surface area contributed by atoms with Crippen LogP contribution in [0.25, 0.3) is 6.08 Å². The fourth-order valence-corrected chi connectivity index (χ4v) is 1.36. The van der Waals surface area contributed by atoms with E-state index in [9.17, 15) is 10.2 Å². The highest BCUT2D eigenvalue weighted by molar-refractivity contribution is 5.57. The minimum atomic E-state index is 0.112. The summed E-state index contributed by atoms with van der Waals surface area (Å²) in [7, 11) is 0. The quantitative estimate of drug-likeness (QED) is 0.776. The third-order valence-corrected chi connectivity index (χ3v) is 2.14. The van der Waals surface area contributed by atoms with E-state index < -0.39 is 0 Å². The average Bonchev–Trinajstić information content (AvgIpc) is 2.42. The van der Waals surface area contributed by atoms with Gasteiger partial charge in [0.15, 0.2) is 5.88 Å². The van der Waals surface area contributed by atoms with Crippen molar-refractivity contribution in [2.24, 2.45) is 0 Å². The van der Waals surface area contributed by atoms with Gasteiger partial charge in [-0.1, -0.05) is 25.5 Å². The van der Waals surface area contributed by atoms with Crippen LogP contribution in [0.1, 0.15) is 32.3 Å². The molecule has 1 heterocycles. The molecule has 3 heteroatoms. The first-order valence-corrected chi connectivity index (χ1v) is 4.98. The number of hydrogen-bond acceptors (Lipinski definition) is 2. The molecule has 1 aromatic rings. The number of nitrogens with zero attached hydrogens (tertiary/aromatic N) is 1. The van der Waals surface area contributed by atoms with Crippen LogP contribution in [0.5, 0.6) is 11.8 Å². The smallest absolute Gasteiger partial charge is 0.201 e. The Labute approximate surface area is 84.3 Å². The molecule has 0 amide bonds. The van der Waals surface area contributed by atoms with Gasteiger partial charge in [0.05, 0.1) is 0 Å². The topological polar surface area (TPSA) is 45.4 Å². The van der Waals surface area contributed by atoms with Crippen LogP contribution in [0.2, 0.25) is 0 Å². The molecule has 2 N–H and O–H groups in total. The van der Waals surface area contributed by atoms with Crippen molar-refractivity contribution in [3.8, 4) is 11.8 Å². The highest BCUT2D eigenvalue weighted by Crippen LogP contribution is 2.28. The van der Waals surface area contributed by atoms with E-state index in [4.69, 9.17) is 0 Å². The van der Waals surface area contributed by atoms with Crippen LogP contribution >= 0.6 is 0 Å². The van der Waals surface area contributed by atoms with Gasteiger partial charge in [0.1, 0.15) is 0 Å². The average molecular weight is 195 g/mol. The number of aromatic hydroxyl groups is 2. The number of allylic oxidation sites excluding steroid dienone is 1. The summed E-state index contributed by atoms with van der Waals surface area (Å²) in [5.74, 6) is 0.249. The summed E-state index contributed by atoms with van der Waals surface area (Å²) in [6.45, 7) is 4.54. The third kappa shape index (κ3) is 2.10. The summed E-state index contributed by atoms with van der Waals surface area (Å²) in [6, 6.07) is 1.57. The van der Waals surface area contributed by atoms with Crippen molar-refractivity contribution in [3.63, 3.8) is 0 Å². The summed E-state index contributed by atoms with van der Waals surface area (Å²) < 4.78 is 1.46. The van der Waals surface area contributed by atoms with Gasteiger partial charge in [-0.15, -0.1) is 0 Å². The summed E-state index contributed by atoms with van der Waals surface area (Å²) in [5.41, 5.74) is 0.679. The lowest BCUT2D eigenvalue weighted by Gasteiger charge is -2.00. The fourth-order valence-electron chi connectivity index (χ4n) is 1.36. The fraction of sp³-hybridized carbons (Fsp3) is 0.455. The SMILES string of the molecule is CCCC=Cc1cc(O)n(CC)c1O. The molecule has 0 bridgehead atoms. The van der Waals surface area contributed by atoms with E-state index in [-0.39, 0.29) is 11.8 Å². The number of unbranched alkanes of at least 4 members (excludes halogenated alkanes) is 1. The van der Waals surface area contributed by atoms with E-state index in [2.05, 4.69) is 6.92 Å². The summed E-state index contributed by atoms with van der Waals surface area (Å²) >= 11 is 0. The molecular formula is C11H17NO2. The molecule has 3 nitrogen and oxygen atoms in total. The minimum Gasteiger partial charge on any atom is -0.494 e. The second-order valence-electron chi connectivity index (χ2n) is 3.22. The first kappa shape index (κ1) is 10.7. The van der Waals surface area contributed by atoms with Crippen molar-refractivity contribution < 1.29 is 10.2 Å². The van der Waals surface area contributed by atoms with Crippen LogP contribution in [0.4, 0.5) is 0 Å². The van der Waals surface area contributed by atoms with Gasteiger partial charge in [0, 0.05) is 18.2 Å². The monoisotopic (exact) mass is 195 g/mol. The first-order valence-electron chi connectivity index (χ1n) is 4.98. The number of rotatable bonds is 4. The maximum Gasteiger partial charge on any atom is 0.201 e. The van der Waals surface area contributed by atoms with Crippen molar-refractivity contribution in [3.05, 3.63) is 17.7 Å². The van der Waals surface area contributed by atoms with Crippen molar-refractivity contribution in [1.82, 2.24) is 4.57 Å². The molecule has 0 aliphatic rings. The molecule has 78 valence electrons. The molecule has 1 rings (SSSR count). The molecule has 14 heavy (non-hydrogen) atoms. The zero-order valence-corrected chi connectivity index (χ0v) is 8.70. The Kier molecular flexibility index (Phi) is 3.63. The van der Waals surface area contributed by atoms with Crippen LogP contribution < -0.4 is 0 Å². The predicted molar refractivity (Wildman–Crippen MR) is 57.4 cm³/mol. The predicted octanol–water partition coefficient (Wildman–Crippen LogP) is 2.73. The van der Waals surface area contributed by atoms with Crippen molar-refractivity contribution >= 4 is 6.08 Å². The van der Waals surface area contributed by atoms with Crippen molar-refractivity contribution in [2.45, 2.75) is 33.2 Å². The Balaban J connectivity index is 2.88. The van der Waals surface area contributed by atoms with Crippen LogP contribution in [0, 0.1) is 0 Å². The van der Waals surface area contributed by atoms with Gasteiger partial charge >= 0.3 is 0 Å². The van der Waals surface area contributed by atoms with Crippen LogP contribution in [-0.2, 0) is 6.54 Å². The third-order valence-electron chi connectivity index (χ3n) is 2.14. The van der Waals surface area contributed by atoms with Crippen molar-refractivity contribution in [1.29, 1.82) is 0 Å². The largest absolute Gasteiger partial charge is 0.494 e. The second kappa shape index (κ2) is 4.74. The van der Waals surface area contributed by atoms with Gasteiger partial charge in [0.25, 0.3) is 0 Å². The van der Waals surface area contributed by atoms with Gasteiger partial charge in [-0.3, -0.25) is 4.57 Å². The Morgan fingerprint density at radius 3 is 2.57 bits per heavy atom. The Morgan fingerprint density at radius 2 is 2.07 bits per heavy atom. The molecule has 0 aromatic carbocycles. The molecule has 0 spiro atoms. The normalized spacial score (nSPS) is 11.3. The van der Waals surface area contributed by atoms with E-state index in [1.807, 2.05) is 19.1 Å². The molecule has 0 saturated heterocycles. The summed E-state index contributed by atoms with van der Waals surface area (Å²) in [6.07, 6.45) is 5.90. The molecular weight excluding hydrogens is 178 g/mol. The zero-order chi connectivity index (χ0) is 10.6. The van der Waals surface area contributed by atoms with Crippen LogP contribution in [0.15, 0.2) is 12.1 Å². The minimum absolute atomic E-state index is 0.112. The Bertz CT molecular complexity index is 326. The Hall–Kier alpha value is -1.38. The van der Waals surface area contributed by atoms with Gasteiger partial charge < -0.3 is 10.2 Å².